The molecule has 2 nitrogen and oxygen atoms in total. The SMILES string of the molecule is CC1(C)CC(C)(c2ccc(C(=O)c3ccc(F)cc3)cc2)c2cc(C(=O)c3ccc(F)cc3)ccc21. The number of hydrogen-bond acceptors (Lipinski definition) is 2. The van der Waals surface area contributed by atoms with E-state index in [0.29, 0.717) is 22.3 Å². The van der Waals surface area contributed by atoms with Gasteiger partial charge in [0, 0.05) is 27.7 Å². The van der Waals surface area contributed by atoms with Crippen LogP contribution in [0, 0.1) is 11.6 Å². The molecule has 1 aliphatic carbocycles. The van der Waals surface area contributed by atoms with Crippen LogP contribution in [0.25, 0.3) is 0 Å². The van der Waals surface area contributed by atoms with Crippen molar-refractivity contribution in [2.24, 2.45) is 0 Å². The van der Waals surface area contributed by atoms with Crippen molar-refractivity contribution >= 4 is 11.6 Å². The van der Waals surface area contributed by atoms with Crippen molar-refractivity contribution in [1.29, 1.82) is 0 Å². The summed E-state index contributed by atoms with van der Waals surface area (Å²) in [5.74, 6) is -1.07. The van der Waals surface area contributed by atoms with Crippen LogP contribution in [0.15, 0.2) is 91.0 Å². The maximum Gasteiger partial charge on any atom is 0.193 e. The van der Waals surface area contributed by atoms with Crippen LogP contribution in [0.2, 0.25) is 0 Å². The van der Waals surface area contributed by atoms with Gasteiger partial charge < -0.3 is 0 Å². The standard InChI is InChI=1S/C32H26F2O2/c1-31(2)19-32(3,24-11-4-20(5-12-24)29(35)21-6-13-25(33)14-7-21)28-18-23(10-17-27(28)31)30(36)22-8-15-26(34)16-9-22/h4-18H,19H2,1-3H3. The van der Waals surface area contributed by atoms with Crippen molar-refractivity contribution in [3.05, 3.63) is 142 Å². The number of ketones is 2. The van der Waals surface area contributed by atoms with Gasteiger partial charge in [0.15, 0.2) is 11.6 Å². The Kier molecular flexibility index (Phi) is 5.71. The van der Waals surface area contributed by atoms with Crippen molar-refractivity contribution in [2.75, 3.05) is 0 Å². The second-order valence-electron chi connectivity index (χ2n) is 10.4. The molecular formula is C32H26F2O2. The number of hydrogen-bond donors (Lipinski definition) is 0. The highest BCUT2D eigenvalue weighted by Gasteiger charge is 2.46. The smallest absolute Gasteiger partial charge is 0.193 e. The maximum absolute atomic E-state index is 13.4. The normalized spacial score (nSPS) is 18.0. The molecule has 0 heterocycles. The first-order valence-electron chi connectivity index (χ1n) is 11.9. The van der Waals surface area contributed by atoms with Crippen LogP contribution >= 0.6 is 0 Å². The van der Waals surface area contributed by atoms with Gasteiger partial charge in [-0.15, -0.1) is 0 Å². The molecule has 4 heteroatoms. The molecule has 0 radical (unpaired) electrons. The predicted octanol–water partition coefficient (Wildman–Crippen LogP) is 7.41. The van der Waals surface area contributed by atoms with E-state index in [-0.39, 0.29) is 34.0 Å². The minimum atomic E-state index is -0.380. The summed E-state index contributed by atoms with van der Waals surface area (Å²) in [6.07, 6.45) is 0.842. The first-order valence-corrected chi connectivity index (χ1v) is 11.9. The highest BCUT2D eigenvalue weighted by molar-refractivity contribution is 6.09. The quantitative estimate of drug-likeness (QED) is 0.279. The molecule has 0 bridgehead atoms. The third kappa shape index (κ3) is 4.07. The van der Waals surface area contributed by atoms with Gasteiger partial charge in [-0.05, 0) is 83.1 Å². The van der Waals surface area contributed by atoms with Gasteiger partial charge in [-0.3, -0.25) is 9.59 Å². The third-order valence-electron chi connectivity index (χ3n) is 7.40. The van der Waals surface area contributed by atoms with E-state index in [9.17, 15) is 18.4 Å². The van der Waals surface area contributed by atoms with Crippen LogP contribution in [0.3, 0.4) is 0 Å². The van der Waals surface area contributed by atoms with Crippen LogP contribution in [0.4, 0.5) is 8.78 Å². The number of halogens is 2. The summed E-state index contributed by atoms with van der Waals surface area (Å²) < 4.78 is 26.6. The molecule has 0 saturated carbocycles. The van der Waals surface area contributed by atoms with Gasteiger partial charge in [0.25, 0.3) is 0 Å². The monoisotopic (exact) mass is 480 g/mol. The molecule has 180 valence electrons. The topological polar surface area (TPSA) is 34.1 Å². The lowest BCUT2D eigenvalue weighted by Gasteiger charge is -2.28. The molecule has 1 aliphatic rings. The molecule has 0 N–H and O–H groups in total. The minimum Gasteiger partial charge on any atom is -0.289 e. The van der Waals surface area contributed by atoms with E-state index in [1.807, 2.05) is 42.5 Å². The Hall–Kier alpha value is -3.92. The zero-order chi connectivity index (χ0) is 25.7. The minimum absolute atomic E-state index is 0.107. The fourth-order valence-electron chi connectivity index (χ4n) is 5.59. The molecule has 0 amide bonds. The van der Waals surface area contributed by atoms with Crippen LogP contribution in [0.1, 0.15) is 75.7 Å². The predicted molar refractivity (Wildman–Crippen MR) is 137 cm³/mol. The number of rotatable bonds is 5. The number of fused-ring (bicyclic) bond motifs is 1. The van der Waals surface area contributed by atoms with Gasteiger partial charge >= 0.3 is 0 Å². The van der Waals surface area contributed by atoms with E-state index in [1.54, 1.807) is 0 Å². The number of carbonyl (C=O) groups excluding carboxylic acids is 2. The van der Waals surface area contributed by atoms with Gasteiger partial charge in [0.2, 0.25) is 0 Å². The van der Waals surface area contributed by atoms with Gasteiger partial charge in [-0.2, -0.15) is 0 Å². The highest BCUT2D eigenvalue weighted by atomic mass is 19.1. The summed E-state index contributed by atoms with van der Waals surface area (Å²) in [7, 11) is 0. The molecule has 4 aromatic carbocycles. The van der Waals surface area contributed by atoms with E-state index in [2.05, 4.69) is 20.8 Å². The molecule has 5 rings (SSSR count). The fourth-order valence-corrected chi connectivity index (χ4v) is 5.59. The van der Waals surface area contributed by atoms with Crippen LogP contribution < -0.4 is 0 Å². The molecule has 0 fully saturated rings. The van der Waals surface area contributed by atoms with Crippen LogP contribution in [-0.2, 0) is 10.8 Å². The maximum atomic E-state index is 13.4. The van der Waals surface area contributed by atoms with Gasteiger partial charge in [0.1, 0.15) is 11.6 Å². The third-order valence-corrected chi connectivity index (χ3v) is 7.40. The Morgan fingerprint density at radius 2 is 1.00 bits per heavy atom. The first kappa shape index (κ1) is 23.8. The van der Waals surface area contributed by atoms with Crippen LogP contribution in [-0.4, -0.2) is 11.6 Å². The summed E-state index contributed by atoms with van der Waals surface area (Å²) >= 11 is 0. The van der Waals surface area contributed by atoms with Crippen molar-refractivity contribution < 1.29 is 18.4 Å². The van der Waals surface area contributed by atoms with E-state index in [0.717, 1.165) is 17.5 Å². The summed E-state index contributed by atoms with van der Waals surface area (Å²) in [6, 6.07) is 24.5. The summed E-state index contributed by atoms with van der Waals surface area (Å²) in [5, 5.41) is 0. The van der Waals surface area contributed by atoms with Crippen molar-refractivity contribution in [2.45, 2.75) is 38.0 Å². The molecule has 1 unspecified atom stereocenters. The summed E-state index contributed by atoms with van der Waals surface area (Å²) in [4.78, 5) is 26.0. The molecule has 4 aromatic rings. The van der Waals surface area contributed by atoms with E-state index in [1.165, 1.54) is 54.1 Å². The lowest BCUT2D eigenvalue weighted by Crippen LogP contribution is -2.23. The van der Waals surface area contributed by atoms with Gasteiger partial charge in [-0.1, -0.05) is 57.2 Å². The van der Waals surface area contributed by atoms with Crippen molar-refractivity contribution in [3.63, 3.8) is 0 Å². The molecule has 0 aliphatic heterocycles. The number of benzene rings is 4. The average molecular weight is 481 g/mol. The van der Waals surface area contributed by atoms with Crippen molar-refractivity contribution in [1.82, 2.24) is 0 Å². The Morgan fingerprint density at radius 3 is 1.50 bits per heavy atom. The Bertz CT molecular complexity index is 1470. The Balaban J connectivity index is 1.51. The number of carbonyl (C=O) groups is 2. The second kappa shape index (κ2) is 8.63. The average Bonchev–Trinajstić information content (AvgIpc) is 3.09. The van der Waals surface area contributed by atoms with Crippen LogP contribution in [0.5, 0.6) is 0 Å². The van der Waals surface area contributed by atoms with E-state index in [4.69, 9.17) is 0 Å². The van der Waals surface area contributed by atoms with Gasteiger partial charge in [0.05, 0.1) is 0 Å². The summed E-state index contributed by atoms with van der Waals surface area (Å²) in [5.41, 5.74) is 4.82. The highest BCUT2D eigenvalue weighted by Crippen LogP contribution is 2.53. The van der Waals surface area contributed by atoms with E-state index < -0.39 is 0 Å². The second-order valence-corrected chi connectivity index (χ2v) is 10.4. The largest absolute Gasteiger partial charge is 0.289 e. The Morgan fingerprint density at radius 1 is 0.583 bits per heavy atom. The Labute approximate surface area is 209 Å². The molecule has 0 aromatic heterocycles. The van der Waals surface area contributed by atoms with E-state index >= 15 is 0 Å². The molecule has 0 spiro atoms. The fraction of sp³-hybridized carbons (Fsp3) is 0.188. The first-order chi connectivity index (χ1) is 17.1. The van der Waals surface area contributed by atoms with Crippen molar-refractivity contribution in [3.8, 4) is 0 Å². The summed E-state index contributed by atoms with van der Waals surface area (Å²) in [6.45, 7) is 6.57. The zero-order valence-corrected chi connectivity index (χ0v) is 20.4. The molecule has 1 atom stereocenters. The molecule has 36 heavy (non-hydrogen) atoms. The molecular weight excluding hydrogens is 454 g/mol. The lowest BCUT2D eigenvalue weighted by molar-refractivity contribution is 0.103. The lowest BCUT2D eigenvalue weighted by atomic mass is 9.74. The zero-order valence-electron chi connectivity index (χ0n) is 20.4. The molecule has 0 saturated heterocycles. The van der Waals surface area contributed by atoms with Gasteiger partial charge in [-0.25, -0.2) is 8.78 Å².